The lowest BCUT2D eigenvalue weighted by molar-refractivity contribution is -0.137. The molecule has 1 spiro atoms. The Kier molecular flexibility index (Phi) is 5.11. The molecule has 2 aromatic rings. The lowest BCUT2D eigenvalue weighted by Crippen LogP contribution is -2.48. The highest BCUT2D eigenvalue weighted by Crippen LogP contribution is 2.44. The van der Waals surface area contributed by atoms with Gasteiger partial charge in [-0.1, -0.05) is 30.3 Å². The highest BCUT2D eigenvalue weighted by molar-refractivity contribution is 5.77. The van der Waals surface area contributed by atoms with E-state index >= 15 is 0 Å². The fraction of sp³-hybridized carbons (Fsp3) is 0.455. The van der Waals surface area contributed by atoms with Crippen molar-refractivity contribution in [1.29, 1.82) is 0 Å². The zero-order valence-corrected chi connectivity index (χ0v) is 15.9. The zero-order chi connectivity index (χ0) is 19.6. The summed E-state index contributed by atoms with van der Waals surface area (Å²) in [4.78, 5) is 34.8. The third kappa shape index (κ3) is 3.63. The first-order chi connectivity index (χ1) is 13.6. The molecule has 1 aliphatic heterocycles. The van der Waals surface area contributed by atoms with Crippen LogP contribution >= 0.6 is 0 Å². The van der Waals surface area contributed by atoms with Crippen LogP contribution in [-0.2, 0) is 21.4 Å². The smallest absolute Gasteiger partial charge is 0.303 e. The summed E-state index contributed by atoms with van der Waals surface area (Å²) in [5.41, 5.74) is 3.21. The van der Waals surface area contributed by atoms with Crippen LogP contribution in [0.2, 0.25) is 0 Å². The Labute approximate surface area is 164 Å². The minimum absolute atomic E-state index is 0.0429. The van der Waals surface area contributed by atoms with Gasteiger partial charge in [0.1, 0.15) is 0 Å². The van der Waals surface area contributed by atoms with Crippen LogP contribution in [-0.4, -0.2) is 44.9 Å². The van der Waals surface area contributed by atoms with Gasteiger partial charge in [0.15, 0.2) is 5.82 Å². The standard InChI is InChI=1S/C22H25N3O3/c26-18(8-4-9-19(27)28)25-13-5-11-22(15-25)12-10-17-14-23-21(24-20(17)22)16-6-2-1-3-7-16/h1-3,6-7,14H,4-5,8-13,15H2,(H,27,28). The maximum atomic E-state index is 12.6. The largest absolute Gasteiger partial charge is 0.481 e. The first-order valence-corrected chi connectivity index (χ1v) is 9.99. The predicted molar refractivity (Wildman–Crippen MR) is 105 cm³/mol. The predicted octanol–water partition coefficient (Wildman–Crippen LogP) is 3.20. The number of likely N-dealkylation sites (tertiary alicyclic amines) is 1. The second-order valence-electron chi connectivity index (χ2n) is 7.88. The normalized spacial score (nSPS) is 20.9. The summed E-state index contributed by atoms with van der Waals surface area (Å²) in [6.07, 6.45) is 6.62. The number of aromatic nitrogens is 2. The summed E-state index contributed by atoms with van der Waals surface area (Å²) < 4.78 is 0. The molecule has 1 fully saturated rings. The highest BCUT2D eigenvalue weighted by atomic mass is 16.4. The minimum atomic E-state index is -0.849. The number of aliphatic carboxylic acids is 1. The van der Waals surface area contributed by atoms with Gasteiger partial charge in [-0.25, -0.2) is 9.97 Å². The van der Waals surface area contributed by atoms with E-state index in [9.17, 15) is 9.59 Å². The quantitative estimate of drug-likeness (QED) is 0.862. The molecule has 1 unspecified atom stereocenters. The van der Waals surface area contributed by atoms with Gasteiger partial charge in [0.2, 0.25) is 5.91 Å². The van der Waals surface area contributed by atoms with Gasteiger partial charge in [-0.3, -0.25) is 9.59 Å². The third-order valence-corrected chi connectivity index (χ3v) is 5.98. The monoisotopic (exact) mass is 379 g/mol. The average molecular weight is 379 g/mol. The number of amides is 1. The van der Waals surface area contributed by atoms with Crippen molar-refractivity contribution in [3.8, 4) is 11.4 Å². The van der Waals surface area contributed by atoms with E-state index in [4.69, 9.17) is 10.1 Å². The summed E-state index contributed by atoms with van der Waals surface area (Å²) in [5.74, 6) is -0.0468. The van der Waals surface area contributed by atoms with Crippen molar-refractivity contribution >= 4 is 11.9 Å². The number of rotatable bonds is 5. The maximum absolute atomic E-state index is 12.6. The molecular formula is C22H25N3O3. The molecule has 1 aromatic carbocycles. The van der Waals surface area contributed by atoms with Crippen molar-refractivity contribution in [3.63, 3.8) is 0 Å². The number of carbonyl (C=O) groups is 2. The summed E-state index contributed by atoms with van der Waals surface area (Å²) in [6, 6.07) is 9.98. The summed E-state index contributed by atoms with van der Waals surface area (Å²) in [6.45, 7) is 1.43. The van der Waals surface area contributed by atoms with Crippen molar-refractivity contribution in [2.75, 3.05) is 13.1 Å². The Morgan fingerprint density at radius 2 is 1.96 bits per heavy atom. The van der Waals surface area contributed by atoms with E-state index in [0.29, 0.717) is 19.4 Å². The van der Waals surface area contributed by atoms with Crippen molar-refractivity contribution in [2.45, 2.75) is 50.4 Å². The van der Waals surface area contributed by atoms with Crippen molar-refractivity contribution in [3.05, 3.63) is 47.8 Å². The number of hydrogen-bond acceptors (Lipinski definition) is 4. The minimum Gasteiger partial charge on any atom is -0.481 e. The van der Waals surface area contributed by atoms with Gasteiger partial charge >= 0.3 is 5.97 Å². The maximum Gasteiger partial charge on any atom is 0.303 e. The van der Waals surface area contributed by atoms with E-state index in [0.717, 1.165) is 49.3 Å². The van der Waals surface area contributed by atoms with Gasteiger partial charge in [0.05, 0.1) is 5.69 Å². The van der Waals surface area contributed by atoms with Crippen LogP contribution < -0.4 is 0 Å². The van der Waals surface area contributed by atoms with Crippen LogP contribution in [0.5, 0.6) is 0 Å². The van der Waals surface area contributed by atoms with Crippen LogP contribution in [0.15, 0.2) is 36.5 Å². The third-order valence-electron chi connectivity index (χ3n) is 5.98. The molecule has 2 heterocycles. The molecular weight excluding hydrogens is 354 g/mol. The molecule has 1 amide bonds. The topological polar surface area (TPSA) is 83.4 Å². The SMILES string of the molecule is O=C(O)CCCC(=O)N1CCCC2(CCc3cnc(-c4ccccc4)nc32)C1. The Morgan fingerprint density at radius 3 is 2.75 bits per heavy atom. The molecule has 0 bridgehead atoms. The Balaban J connectivity index is 1.55. The number of carboxylic acids is 1. The van der Waals surface area contributed by atoms with Gasteiger partial charge in [-0.15, -0.1) is 0 Å². The molecule has 1 aromatic heterocycles. The number of nitrogens with zero attached hydrogens (tertiary/aromatic N) is 3. The Bertz CT molecular complexity index is 880. The molecule has 6 heteroatoms. The lowest BCUT2D eigenvalue weighted by atomic mass is 9.77. The number of piperidine rings is 1. The van der Waals surface area contributed by atoms with E-state index in [1.807, 2.05) is 41.4 Å². The Hall–Kier alpha value is -2.76. The van der Waals surface area contributed by atoms with Crippen molar-refractivity contribution < 1.29 is 14.7 Å². The van der Waals surface area contributed by atoms with E-state index < -0.39 is 5.97 Å². The fourth-order valence-electron chi connectivity index (χ4n) is 4.56. The Morgan fingerprint density at radius 1 is 1.14 bits per heavy atom. The number of fused-ring (bicyclic) bond motifs is 2. The highest BCUT2D eigenvalue weighted by Gasteiger charge is 2.44. The average Bonchev–Trinajstić information content (AvgIpc) is 3.05. The van der Waals surface area contributed by atoms with Crippen LogP contribution in [0.3, 0.4) is 0 Å². The van der Waals surface area contributed by atoms with Crippen LogP contribution in [0.4, 0.5) is 0 Å². The number of carbonyl (C=O) groups excluding carboxylic acids is 1. The molecule has 1 atom stereocenters. The zero-order valence-electron chi connectivity index (χ0n) is 15.9. The molecule has 146 valence electrons. The van der Waals surface area contributed by atoms with Gasteiger partial charge in [-0.2, -0.15) is 0 Å². The molecule has 1 N–H and O–H groups in total. The second-order valence-corrected chi connectivity index (χ2v) is 7.88. The summed E-state index contributed by atoms with van der Waals surface area (Å²) in [7, 11) is 0. The molecule has 6 nitrogen and oxygen atoms in total. The summed E-state index contributed by atoms with van der Waals surface area (Å²) >= 11 is 0. The van der Waals surface area contributed by atoms with Crippen molar-refractivity contribution in [1.82, 2.24) is 14.9 Å². The van der Waals surface area contributed by atoms with E-state index in [1.165, 1.54) is 5.56 Å². The van der Waals surface area contributed by atoms with Crippen molar-refractivity contribution in [2.24, 2.45) is 0 Å². The van der Waals surface area contributed by atoms with Gasteiger partial charge in [0, 0.05) is 43.1 Å². The fourth-order valence-corrected chi connectivity index (χ4v) is 4.56. The molecule has 1 aliphatic carbocycles. The van der Waals surface area contributed by atoms with Crippen LogP contribution in [0.1, 0.15) is 49.8 Å². The van der Waals surface area contributed by atoms with E-state index in [1.54, 1.807) is 0 Å². The van der Waals surface area contributed by atoms with Gasteiger partial charge in [-0.05, 0) is 37.7 Å². The molecule has 4 rings (SSSR count). The second kappa shape index (κ2) is 7.70. The van der Waals surface area contributed by atoms with Crippen LogP contribution in [0, 0.1) is 0 Å². The molecule has 1 saturated heterocycles. The summed E-state index contributed by atoms with van der Waals surface area (Å²) in [5, 5.41) is 8.79. The van der Waals surface area contributed by atoms with Gasteiger partial charge < -0.3 is 10.0 Å². The molecule has 2 aliphatic rings. The van der Waals surface area contributed by atoms with E-state index in [2.05, 4.69) is 4.98 Å². The van der Waals surface area contributed by atoms with Gasteiger partial charge in [0.25, 0.3) is 0 Å². The first-order valence-electron chi connectivity index (χ1n) is 9.99. The number of benzene rings is 1. The first kappa shape index (κ1) is 18.6. The molecule has 28 heavy (non-hydrogen) atoms. The number of hydrogen-bond donors (Lipinski definition) is 1. The van der Waals surface area contributed by atoms with E-state index in [-0.39, 0.29) is 17.7 Å². The number of aryl methyl sites for hydroxylation is 1. The molecule has 0 radical (unpaired) electrons. The van der Waals surface area contributed by atoms with Crippen LogP contribution in [0.25, 0.3) is 11.4 Å². The number of carboxylic acid groups (broad SMARTS) is 1. The molecule has 0 saturated carbocycles. The lowest BCUT2D eigenvalue weighted by Gasteiger charge is -2.40.